The van der Waals surface area contributed by atoms with E-state index < -0.39 is 42.0 Å². The van der Waals surface area contributed by atoms with Crippen molar-refractivity contribution < 1.29 is 29.4 Å². The van der Waals surface area contributed by atoms with Crippen molar-refractivity contribution in [3.05, 3.63) is 95.6 Å². The summed E-state index contributed by atoms with van der Waals surface area (Å²) >= 11 is 6.01. The number of phenols is 2. The number of likely N-dealkylation sites (tertiary alicyclic amines) is 3. The Morgan fingerprint density at radius 1 is 0.655 bits per heavy atom. The van der Waals surface area contributed by atoms with E-state index in [1.807, 2.05) is 30.3 Å². The molecule has 3 aliphatic heterocycles. The third-order valence-corrected chi connectivity index (χ3v) is 11.6. The van der Waals surface area contributed by atoms with Crippen molar-refractivity contribution in [1.29, 1.82) is 0 Å². The van der Waals surface area contributed by atoms with E-state index in [1.165, 1.54) is 29.2 Å². The molecule has 3 aromatic rings. The fraction of sp³-hybridized carbons (Fsp3) is 0.439. The molecule has 290 valence electrons. The van der Waals surface area contributed by atoms with Gasteiger partial charge in [0.15, 0.2) is 0 Å². The number of benzene rings is 3. The minimum Gasteiger partial charge on any atom is -0.508 e. The molecule has 12 nitrogen and oxygen atoms in total. The number of carbonyl (C=O) groups excluding carboxylic acids is 4. The molecule has 3 fully saturated rings. The summed E-state index contributed by atoms with van der Waals surface area (Å²) in [5.74, 6) is -1.05. The van der Waals surface area contributed by atoms with Crippen molar-refractivity contribution in [2.75, 3.05) is 19.6 Å². The smallest absolute Gasteiger partial charge is 0.246 e. The monoisotopic (exact) mass is 766 g/mol. The van der Waals surface area contributed by atoms with Gasteiger partial charge in [-0.2, -0.15) is 0 Å². The molecule has 6 N–H and O–H groups in total. The van der Waals surface area contributed by atoms with Gasteiger partial charge < -0.3 is 41.3 Å². The molecule has 3 aromatic carbocycles. The number of hydrogen-bond donors (Lipinski definition) is 5. The number of amides is 4. The molecule has 6 atom stereocenters. The average Bonchev–Trinajstić information content (AvgIpc) is 3.97. The first-order valence-corrected chi connectivity index (χ1v) is 19.8. The van der Waals surface area contributed by atoms with Crippen molar-refractivity contribution in [3.63, 3.8) is 0 Å². The standard InChI is InChI=1S/C41H51BN6O6S/c42-36-11-6-22-48(36)41(55)33(25-26-7-2-1-3-8-26)45-38(52)35-10-5-21-47(35)40(54)32(24-28-14-18-30(50)19-15-28)44-37(51)34-9-4-20-46(34)39(53)31(43)23-27-12-16-29(49)17-13-27/h1-3,7-8,12-19,31-36,49-50H,4-6,9-11,20-25,42-43H2,(H,44,51)(H,45,52)/t31-,32-,33-,34-,35-,36-/m0/s1. The van der Waals surface area contributed by atoms with Crippen LogP contribution in [0.5, 0.6) is 11.5 Å². The van der Waals surface area contributed by atoms with Crippen molar-refractivity contribution >= 4 is 48.7 Å². The van der Waals surface area contributed by atoms with Crippen LogP contribution < -0.4 is 16.4 Å². The minimum atomic E-state index is -1.04. The van der Waals surface area contributed by atoms with Crippen LogP contribution in [0, 0.1) is 0 Å². The average molecular weight is 767 g/mol. The van der Waals surface area contributed by atoms with E-state index in [1.54, 1.807) is 29.2 Å². The van der Waals surface area contributed by atoms with Crippen LogP contribution in [0.3, 0.4) is 0 Å². The highest BCUT2D eigenvalue weighted by molar-refractivity contribution is 7.80. The van der Waals surface area contributed by atoms with Crippen LogP contribution in [0.4, 0.5) is 0 Å². The van der Waals surface area contributed by atoms with Crippen LogP contribution in [0.2, 0.25) is 0 Å². The number of aromatic hydroxyl groups is 2. The Morgan fingerprint density at radius 2 is 1.11 bits per heavy atom. The second-order valence-electron chi connectivity index (χ2n) is 15.1. The molecule has 6 rings (SSSR count). The molecule has 0 aliphatic carbocycles. The summed E-state index contributed by atoms with van der Waals surface area (Å²) in [6.45, 7) is 1.53. The Kier molecular flexibility index (Phi) is 13.1. The van der Waals surface area contributed by atoms with Gasteiger partial charge in [-0.3, -0.25) is 19.2 Å². The van der Waals surface area contributed by atoms with Gasteiger partial charge in [-0.15, -0.1) is 0 Å². The molecule has 14 heteroatoms. The first kappa shape index (κ1) is 39.7. The van der Waals surface area contributed by atoms with Gasteiger partial charge in [0.1, 0.15) is 42.5 Å². The summed E-state index contributed by atoms with van der Waals surface area (Å²) in [5.41, 5.74) is 8.87. The fourth-order valence-electron chi connectivity index (χ4n) is 8.11. The minimum absolute atomic E-state index is 0.0713. The highest BCUT2D eigenvalue weighted by Gasteiger charge is 2.42. The fourth-order valence-corrected chi connectivity index (χ4v) is 8.52. The van der Waals surface area contributed by atoms with Crippen LogP contribution in [-0.2, 0) is 38.4 Å². The molecule has 0 bridgehead atoms. The number of rotatable bonds is 13. The normalized spacial score (nSPS) is 21.2. The molecule has 55 heavy (non-hydrogen) atoms. The molecule has 3 aliphatic rings. The van der Waals surface area contributed by atoms with E-state index in [9.17, 15) is 29.4 Å². The van der Waals surface area contributed by atoms with Crippen LogP contribution >= 0.6 is 12.2 Å². The molecule has 4 amide bonds. The lowest BCUT2D eigenvalue weighted by Crippen LogP contribution is -2.59. The Hall–Kier alpha value is -4.95. The van der Waals surface area contributed by atoms with Gasteiger partial charge in [0.05, 0.1) is 12.1 Å². The number of nitrogens with two attached hydrogens (primary N) is 1. The maximum Gasteiger partial charge on any atom is 0.246 e. The summed E-state index contributed by atoms with van der Waals surface area (Å²) < 4.78 is 0. The molecular weight excluding hydrogens is 715 g/mol. The maximum absolute atomic E-state index is 14.5. The number of carbonyl (C=O) groups is 4. The zero-order valence-electron chi connectivity index (χ0n) is 31.3. The van der Waals surface area contributed by atoms with E-state index in [4.69, 9.17) is 18.0 Å². The van der Waals surface area contributed by atoms with E-state index in [2.05, 4.69) is 23.4 Å². The predicted molar refractivity (Wildman–Crippen MR) is 216 cm³/mol. The second kappa shape index (κ2) is 18.1. The third kappa shape index (κ3) is 9.84. The Balaban J connectivity index is 1.18. The highest BCUT2D eigenvalue weighted by Crippen LogP contribution is 2.24. The van der Waals surface area contributed by atoms with Crippen LogP contribution in [0.15, 0.2) is 78.9 Å². The predicted octanol–water partition coefficient (Wildman–Crippen LogP) is 1.79. The van der Waals surface area contributed by atoms with E-state index in [-0.39, 0.29) is 42.1 Å². The van der Waals surface area contributed by atoms with E-state index >= 15 is 0 Å². The Bertz CT molecular complexity index is 1830. The Labute approximate surface area is 328 Å². The van der Waals surface area contributed by atoms with Gasteiger partial charge in [-0.1, -0.05) is 66.8 Å². The molecule has 0 spiro atoms. The zero-order valence-corrected chi connectivity index (χ0v) is 32.1. The highest BCUT2D eigenvalue weighted by atomic mass is 32.1. The molecular formula is C41H51BN6O6S. The van der Waals surface area contributed by atoms with Gasteiger partial charge in [0.25, 0.3) is 0 Å². The number of hydrogen-bond acceptors (Lipinski definition) is 8. The van der Waals surface area contributed by atoms with E-state index in [0.29, 0.717) is 55.7 Å². The molecule has 0 radical (unpaired) electrons. The number of nitrogens with zero attached hydrogens (tertiary/aromatic N) is 3. The summed E-state index contributed by atoms with van der Waals surface area (Å²) in [6, 6.07) is 18.8. The van der Waals surface area contributed by atoms with Gasteiger partial charge in [-0.25, -0.2) is 0 Å². The van der Waals surface area contributed by atoms with Crippen molar-refractivity contribution in [3.8, 4) is 11.5 Å². The van der Waals surface area contributed by atoms with Crippen molar-refractivity contribution in [2.24, 2.45) is 5.73 Å². The molecule has 0 unspecified atom stereocenters. The van der Waals surface area contributed by atoms with Gasteiger partial charge in [-0.05, 0) is 98.3 Å². The lowest BCUT2D eigenvalue weighted by Gasteiger charge is -2.34. The summed E-state index contributed by atoms with van der Waals surface area (Å²) in [4.78, 5) is 62.2. The van der Waals surface area contributed by atoms with Crippen LogP contribution in [-0.4, -0.2) is 117 Å². The molecule has 0 aromatic heterocycles. The topological polar surface area (TPSA) is 169 Å². The number of nitrogens with one attached hydrogen (secondary N) is 2. The summed E-state index contributed by atoms with van der Waals surface area (Å²) in [5, 5.41) is 25.7. The first-order valence-electron chi connectivity index (χ1n) is 19.4. The van der Waals surface area contributed by atoms with Crippen molar-refractivity contribution in [1.82, 2.24) is 25.3 Å². The van der Waals surface area contributed by atoms with Crippen molar-refractivity contribution in [2.45, 2.75) is 93.9 Å². The molecule has 3 heterocycles. The quantitative estimate of drug-likeness (QED) is 0.129. The van der Waals surface area contributed by atoms with E-state index in [0.717, 1.165) is 30.5 Å². The summed E-state index contributed by atoms with van der Waals surface area (Å²) in [6.07, 6.45) is 5.03. The third-order valence-electron chi connectivity index (χ3n) is 11.1. The maximum atomic E-state index is 14.5. The second-order valence-corrected chi connectivity index (χ2v) is 15.5. The van der Waals surface area contributed by atoms with Gasteiger partial charge >= 0.3 is 0 Å². The zero-order chi connectivity index (χ0) is 39.1. The number of thiocarbonyl (C=S) groups is 1. The van der Waals surface area contributed by atoms with Crippen LogP contribution in [0.25, 0.3) is 0 Å². The van der Waals surface area contributed by atoms with Gasteiger partial charge in [0, 0.05) is 26.1 Å². The Morgan fingerprint density at radius 3 is 1.65 bits per heavy atom. The number of phenolic OH excluding ortho intramolecular Hbond substituents is 2. The lowest BCUT2D eigenvalue weighted by molar-refractivity contribution is -0.143. The molecule has 3 saturated heterocycles. The lowest BCUT2D eigenvalue weighted by atomic mass is 9.93. The van der Waals surface area contributed by atoms with Crippen LogP contribution in [0.1, 0.15) is 55.2 Å². The largest absolute Gasteiger partial charge is 0.508 e. The SMILES string of the molecule is B[C@@H]1CCCN1C(=S)[C@H](Cc1ccccc1)NC(=O)[C@@H]1CCCN1C(=O)[C@H](Cc1ccc(O)cc1)NC(=O)[C@@H]1CCCN1C(=O)[C@@H](N)Cc1ccc(O)cc1. The van der Waals surface area contributed by atoms with Gasteiger partial charge in [0.2, 0.25) is 23.6 Å². The molecule has 0 saturated carbocycles. The summed E-state index contributed by atoms with van der Waals surface area (Å²) in [7, 11) is 2.15. The first-order chi connectivity index (χ1) is 26.5.